The molecule has 76 heavy (non-hydrogen) atoms. The first-order valence-electron chi connectivity index (χ1n) is 28.2. The maximum atomic E-state index is 13.4. The molecule has 0 aromatic rings. The Kier molecular flexibility index (Phi) is 17.6. The predicted molar refractivity (Wildman–Crippen MR) is 264 cm³/mol. The SMILES string of the molecule is CO[C@H]1C[C@H](O[C@H]2CC[C@@]3(C)C(=CC[C@@]45O[C@@H](C)[C@@H]6CCC(=O)[C@]6(C)[C@@H](C[C@@H]43)O5)C2)O[C@H](C)[C@H]1O[C@H]1C[C@@H](OC)[C@H](O[C@H]2C[C@@H](OC)[C@H](O[C@H]3C[C@@H](OC)[C@H](O[C@@H]4O[C@H](CO)[C@@H](O)[C@H](O)[C@H]4O)[C@@H](C)O3)[C@@H](C)O2)[C@@H](C)O1. The normalized spacial score (nSPS) is 53.6. The van der Waals surface area contributed by atoms with E-state index in [4.69, 9.17) is 75.8 Å². The molecule has 7 heterocycles. The summed E-state index contributed by atoms with van der Waals surface area (Å²) in [6.45, 7) is 13.7. The second kappa shape index (κ2) is 23.1. The number of hydrogen-bond acceptors (Lipinski definition) is 21. The van der Waals surface area contributed by atoms with Crippen LogP contribution in [0.2, 0.25) is 0 Å². The van der Waals surface area contributed by atoms with E-state index in [1.165, 1.54) is 12.7 Å². The second-order valence-electron chi connectivity index (χ2n) is 24.0. The molecule has 10 aliphatic rings. The Hall–Kier alpha value is -1.39. The molecule has 434 valence electrons. The summed E-state index contributed by atoms with van der Waals surface area (Å²) in [5, 5.41) is 40.8. The first kappa shape index (κ1) is 57.8. The van der Waals surface area contributed by atoms with Crippen molar-refractivity contribution in [3.63, 3.8) is 0 Å². The van der Waals surface area contributed by atoms with Crippen LogP contribution in [0, 0.1) is 22.7 Å². The number of ether oxygens (including phenoxy) is 16. The van der Waals surface area contributed by atoms with Crippen molar-refractivity contribution < 1.29 is 101 Å². The van der Waals surface area contributed by atoms with E-state index in [1.807, 2.05) is 20.8 Å². The smallest absolute Gasteiger partial charge is 0.187 e. The van der Waals surface area contributed by atoms with Crippen LogP contribution >= 0.6 is 0 Å². The molecule has 3 aliphatic carbocycles. The molecular weight excluding hydrogens is 997 g/mol. The summed E-state index contributed by atoms with van der Waals surface area (Å²) < 4.78 is 102. The standard InChI is InChI=1S/C55H88O21/c1-25-32-12-13-39(57)54(32,7)40-23-38-53(6)16-15-31(18-30(53)14-17-55(38,75-25)76-40)69-41-19-33(61-8)48(26(2)65-41)71-42-20-34(62-9)49(27(3)66-42)72-43-21-35(63-10)50(28(4)67-43)73-44-22-36(64-11)51(29(5)68-44)74-52-47(60)46(59)45(58)37(24-56)70-52/h14,25-29,31-38,40-52,56,58-60H,12-13,15-24H2,1-11H3/t25-,26+,27+,28+,29+,31-,32-,33-,34+,35+,36+,37+,38+,40+,41-,42-,43-,44-,45+,46-,47+,48+,49+,50+,51+,52-,53-,54+,55-/m0/s1. The molecule has 7 aliphatic heterocycles. The predicted octanol–water partition coefficient (Wildman–Crippen LogP) is 3.34. The lowest BCUT2D eigenvalue weighted by atomic mass is 9.56. The van der Waals surface area contributed by atoms with E-state index < -0.39 is 135 Å². The molecule has 0 unspecified atom stereocenters. The zero-order valence-electron chi connectivity index (χ0n) is 46.3. The minimum absolute atomic E-state index is 0.0240. The van der Waals surface area contributed by atoms with Gasteiger partial charge in [0.05, 0.1) is 79.2 Å². The molecule has 0 radical (unpaired) electrons. The van der Waals surface area contributed by atoms with Crippen LogP contribution in [0.4, 0.5) is 0 Å². The van der Waals surface area contributed by atoms with Gasteiger partial charge in [-0.15, -0.1) is 0 Å². The highest BCUT2D eigenvalue weighted by molar-refractivity contribution is 5.88. The number of aliphatic hydroxyl groups excluding tert-OH is 4. The maximum absolute atomic E-state index is 13.4. The number of hydrogen-bond donors (Lipinski definition) is 4. The number of carbonyl (C=O) groups is 1. The Morgan fingerprint density at radius 3 is 1.57 bits per heavy atom. The van der Waals surface area contributed by atoms with Crippen LogP contribution in [0.25, 0.3) is 0 Å². The van der Waals surface area contributed by atoms with Crippen molar-refractivity contribution >= 4 is 5.78 Å². The van der Waals surface area contributed by atoms with Gasteiger partial charge in [0.2, 0.25) is 0 Å². The van der Waals surface area contributed by atoms with Crippen molar-refractivity contribution in [3.05, 3.63) is 11.6 Å². The van der Waals surface area contributed by atoms with Gasteiger partial charge >= 0.3 is 0 Å². The van der Waals surface area contributed by atoms with E-state index in [0.29, 0.717) is 37.9 Å². The Bertz CT molecular complexity index is 2010. The van der Waals surface area contributed by atoms with E-state index in [-0.39, 0.29) is 54.2 Å². The fourth-order valence-electron chi connectivity index (χ4n) is 15.3. The lowest BCUT2D eigenvalue weighted by Crippen LogP contribution is -2.62. The lowest BCUT2D eigenvalue weighted by Gasteiger charge is -2.53. The largest absolute Gasteiger partial charge is 0.394 e. The van der Waals surface area contributed by atoms with E-state index >= 15 is 0 Å². The number of fused-ring (bicyclic) bond motifs is 5. The fourth-order valence-corrected chi connectivity index (χ4v) is 15.3. The first-order valence-corrected chi connectivity index (χ1v) is 28.2. The van der Waals surface area contributed by atoms with Gasteiger partial charge in [-0.1, -0.05) is 18.6 Å². The van der Waals surface area contributed by atoms with Crippen LogP contribution in [0.15, 0.2) is 11.6 Å². The van der Waals surface area contributed by atoms with Crippen LogP contribution in [-0.4, -0.2) is 214 Å². The Morgan fingerprint density at radius 1 is 0.592 bits per heavy atom. The molecule has 2 saturated carbocycles. The van der Waals surface area contributed by atoms with Gasteiger partial charge in [0, 0.05) is 78.8 Å². The highest BCUT2D eigenvalue weighted by atomic mass is 16.8. The van der Waals surface area contributed by atoms with E-state index in [9.17, 15) is 25.2 Å². The Balaban J connectivity index is 0.696. The van der Waals surface area contributed by atoms with Gasteiger partial charge in [0.15, 0.2) is 37.2 Å². The average Bonchev–Trinajstić information content (AvgIpc) is 4.02. The number of ketones is 1. The van der Waals surface area contributed by atoms with Gasteiger partial charge in [0.1, 0.15) is 54.6 Å². The van der Waals surface area contributed by atoms with Crippen molar-refractivity contribution in [1.29, 1.82) is 0 Å². The lowest BCUT2D eigenvalue weighted by molar-refractivity contribution is -0.358. The average molecular weight is 1090 g/mol. The summed E-state index contributed by atoms with van der Waals surface area (Å²) in [5.41, 5.74) is 0.775. The monoisotopic (exact) mass is 1080 g/mol. The summed E-state index contributed by atoms with van der Waals surface area (Å²) >= 11 is 0. The van der Waals surface area contributed by atoms with Gasteiger partial charge in [0.25, 0.3) is 0 Å². The molecule has 0 amide bonds. The Morgan fingerprint density at radius 2 is 1.08 bits per heavy atom. The fraction of sp³-hybridized carbons (Fsp3) is 0.945. The van der Waals surface area contributed by atoms with Crippen LogP contribution in [0.3, 0.4) is 0 Å². The molecular formula is C55H88O21. The number of aliphatic hydroxyl groups is 4. The third-order valence-corrected chi connectivity index (χ3v) is 19.7. The topological polar surface area (TPSA) is 246 Å². The highest BCUT2D eigenvalue weighted by Crippen LogP contribution is 2.66. The number of Topliss-reactive ketones (excluding diaryl/α,β-unsaturated/α-hetero) is 1. The van der Waals surface area contributed by atoms with Crippen molar-refractivity contribution in [1.82, 2.24) is 0 Å². The minimum Gasteiger partial charge on any atom is -0.394 e. The van der Waals surface area contributed by atoms with Crippen molar-refractivity contribution in [2.45, 2.75) is 272 Å². The second-order valence-corrected chi connectivity index (χ2v) is 24.0. The van der Waals surface area contributed by atoms with Gasteiger partial charge in [-0.3, -0.25) is 4.79 Å². The van der Waals surface area contributed by atoms with Crippen LogP contribution in [-0.2, 0) is 80.6 Å². The number of rotatable bonds is 15. The van der Waals surface area contributed by atoms with E-state index in [2.05, 4.69) is 26.8 Å². The minimum atomic E-state index is -1.59. The van der Waals surface area contributed by atoms with Gasteiger partial charge in [-0.2, -0.15) is 0 Å². The van der Waals surface area contributed by atoms with Crippen LogP contribution < -0.4 is 0 Å². The van der Waals surface area contributed by atoms with Crippen molar-refractivity contribution in [2.24, 2.45) is 22.7 Å². The molecule has 10 rings (SSSR count). The molecule has 2 bridgehead atoms. The number of carbonyl (C=O) groups excluding carboxylic acids is 1. The highest BCUT2D eigenvalue weighted by Gasteiger charge is 2.69. The molecule has 21 heteroatoms. The zero-order valence-corrected chi connectivity index (χ0v) is 46.3. The van der Waals surface area contributed by atoms with Gasteiger partial charge in [-0.05, 0) is 79.1 Å². The molecule has 4 N–H and O–H groups in total. The molecule has 7 saturated heterocycles. The molecule has 0 aromatic heterocycles. The van der Waals surface area contributed by atoms with Crippen molar-refractivity contribution in [2.75, 3.05) is 35.0 Å². The summed E-state index contributed by atoms with van der Waals surface area (Å²) in [4.78, 5) is 13.4. The maximum Gasteiger partial charge on any atom is 0.187 e. The van der Waals surface area contributed by atoms with Crippen LogP contribution in [0.5, 0.6) is 0 Å². The van der Waals surface area contributed by atoms with E-state index in [0.717, 1.165) is 32.1 Å². The zero-order chi connectivity index (χ0) is 54.2. The van der Waals surface area contributed by atoms with Gasteiger partial charge in [-0.25, -0.2) is 0 Å². The Labute approximate surface area is 447 Å². The first-order chi connectivity index (χ1) is 36.3. The quantitative estimate of drug-likeness (QED) is 0.172. The summed E-state index contributed by atoms with van der Waals surface area (Å²) in [7, 11) is 6.48. The summed E-state index contributed by atoms with van der Waals surface area (Å²) in [5.74, 6) is -0.00615. The molecule has 29 atom stereocenters. The van der Waals surface area contributed by atoms with Crippen LogP contribution in [0.1, 0.15) is 119 Å². The third-order valence-electron chi connectivity index (χ3n) is 19.7. The molecule has 1 spiro atoms. The molecule has 9 fully saturated rings. The van der Waals surface area contributed by atoms with E-state index in [1.54, 1.807) is 28.3 Å². The molecule has 0 aromatic carbocycles. The van der Waals surface area contributed by atoms with Gasteiger partial charge < -0.3 is 96.2 Å². The number of methoxy groups -OCH3 is 4. The summed E-state index contributed by atoms with van der Waals surface area (Å²) in [6.07, 6.45) is -6.41. The van der Waals surface area contributed by atoms with Crippen molar-refractivity contribution in [3.8, 4) is 0 Å². The summed E-state index contributed by atoms with van der Waals surface area (Å²) in [6, 6.07) is 0. The molecule has 21 nitrogen and oxygen atoms in total. The third kappa shape index (κ3) is 10.6.